The number of ether oxygens (including phenoxy) is 1. The molecule has 0 saturated carbocycles. The minimum Gasteiger partial charge on any atom is -0.378 e. The molecule has 0 bridgehead atoms. The smallest absolute Gasteiger partial charge is 0.245 e. The fourth-order valence-corrected chi connectivity index (χ4v) is 2.10. The zero-order chi connectivity index (χ0) is 14.4. The number of nitrogens with one attached hydrogen (secondary N) is 1. The van der Waals surface area contributed by atoms with E-state index in [-0.39, 0.29) is 17.7 Å². The Morgan fingerprint density at radius 2 is 1.74 bits per heavy atom. The van der Waals surface area contributed by atoms with E-state index in [0.29, 0.717) is 38.6 Å². The molecule has 0 aliphatic carbocycles. The van der Waals surface area contributed by atoms with Crippen LogP contribution in [0.5, 0.6) is 0 Å². The number of morpholine rings is 1. The number of rotatable bonds is 5. The molecule has 0 spiro atoms. The third-order valence-electron chi connectivity index (χ3n) is 3.17. The first kappa shape index (κ1) is 16.0. The number of carbonyl (C=O) groups is 2. The van der Waals surface area contributed by atoms with E-state index in [9.17, 15) is 9.59 Å². The highest BCUT2D eigenvalue weighted by molar-refractivity contribution is 5.88. The second kappa shape index (κ2) is 7.48. The number of amides is 2. The minimum absolute atomic E-state index is 0.00964. The van der Waals surface area contributed by atoms with Crippen molar-refractivity contribution in [1.82, 2.24) is 10.2 Å². The topological polar surface area (TPSA) is 58.6 Å². The first-order chi connectivity index (χ1) is 8.91. The van der Waals surface area contributed by atoms with E-state index in [4.69, 9.17) is 4.74 Å². The van der Waals surface area contributed by atoms with Crippen LogP contribution >= 0.6 is 0 Å². The Bertz CT molecular complexity index is 310. The monoisotopic (exact) mass is 270 g/mol. The number of hydrogen-bond donors (Lipinski definition) is 1. The van der Waals surface area contributed by atoms with Gasteiger partial charge in [-0.2, -0.15) is 0 Å². The molecule has 1 heterocycles. The van der Waals surface area contributed by atoms with Gasteiger partial charge in [0.15, 0.2) is 0 Å². The van der Waals surface area contributed by atoms with Crippen molar-refractivity contribution in [3.8, 4) is 0 Å². The third kappa shape index (κ3) is 5.19. The molecule has 0 unspecified atom stereocenters. The molecule has 1 rings (SSSR count). The summed E-state index contributed by atoms with van der Waals surface area (Å²) < 4.78 is 5.24. The lowest BCUT2D eigenvalue weighted by Gasteiger charge is -2.32. The van der Waals surface area contributed by atoms with Crippen molar-refractivity contribution in [3.63, 3.8) is 0 Å². The fourth-order valence-electron chi connectivity index (χ4n) is 2.10. The average Bonchev–Trinajstić information content (AvgIpc) is 2.35. The van der Waals surface area contributed by atoms with E-state index in [1.165, 1.54) is 0 Å². The van der Waals surface area contributed by atoms with Crippen LogP contribution in [0.2, 0.25) is 0 Å². The maximum absolute atomic E-state index is 12.4. The Balaban J connectivity index is 2.60. The molecule has 0 aromatic heterocycles. The molecule has 5 heteroatoms. The first-order valence-electron chi connectivity index (χ1n) is 7.07. The van der Waals surface area contributed by atoms with Gasteiger partial charge in [-0.15, -0.1) is 0 Å². The number of nitrogens with zero attached hydrogens (tertiary/aromatic N) is 1. The van der Waals surface area contributed by atoms with Gasteiger partial charge in [0.25, 0.3) is 0 Å². The van der Waals surface area contributed by atoms with Crippen molar-refractivity contribution in [2.75, 3.05) is 26.3 Å². The predicted octanol–water partition coefficient (Wildman–Crippen LogP) is 1.03. The molecular weight excluding hydrogens is 244 g/mol. The summed E-state index contributed by atoms with van der Waals surface area (Å²) in [5, 5.41) is 2.87. The fraction of sp³-hybridized carbons (Fsp3) is 0.857. The quantitative estimate of drug-likeness (QED) is 0.812. The SMILES string of the molecule is CC(C)CC(=O)N[C@@H](C(=O)N1CCOCC1)C(C)C. The number of hydrogen-bond acceptors (Lipinski definition) is 3. The normalized spacial score (nSPS) is 17.7. The zero-order valence-corrected chi connectivity index (χ0v) is 12.4. The first-order valence-corrected chi connectivity index (χ1v) is 7.07. The van der Waals surface area contributed by atoms with Crippen LogP contribution in [0.15, 0.2) is 0 Å². The van der Waals surface area contributed by atoms with Gasteiger partial charge in [0.1, 0.15) is 6.04 Å². The Hall–Kier alpha value is -1.10. The molecular formula is C14H26N2O3. The van der Waals surface area contributed by atoms with Crippen LogP contribution in [0.4, 0.5) is 0 Å². The van der Waals surface area contributed by atoms with Crippen LogP contribution in [0.25, 0.3) is 0 Å². The Kier molecular flexibility index (Phi) is 6.28. The molecule has 0 aromatic carbocycles. The third-order valence-corrected chi connectivity index (χ3v) is 3.17. The van der Waals surface area contributed by atoms with Crippen LogP contribution in [0.1, 0.15) is 34.1 Å². The van der Waals surface area contributed by atoms with Gasteiger partial charge in [-0.1, -0.05) is 27.7 Å². The average molecular weight is 270 g/mol. The van der Waals surface area contributed by atoms with Gasteiger partial charge in [0, 0.05) is 19.5 Å². The standard InChI is InChI=1S/C14H26N2O3/c1-10(2)9-12(17)15-13(11(3)4)14(18)16-5-7-19-8-6-16/h10-11,13H,5-9H2,1-4H3,(H,15,17)/t13-/m1/s1. The summed E-state index contributed by atoms with van der Waals surface area (Å²) >= 11 is 0. The molecule has 1 aliphatic rings. The van der Waals surface area contributed by atoms with Crippen LogP contribution in [-0.2, 0) is 14.3 Å². The van der Waals surface area contributed by atoms with E-state index in [1.807, 2.05) is 27.7 Å². The molecule has 1 atom stereocenters. The van der Waals surface area contributed by atoms with Gasteiger partial charge >= 0.3 is 0 Å². The van der Waals surface area contributed by atoms with Crippen molar-refractivity contribution >= 4 is 11.8 Å². The van der Waals surface area contributed by atoms with Crippen LogP contribution in [-0.4, -0.2) is 49.1 Å². The highest BCUT2D eigenvalue weighted by Gasteiger charge is 2.29. The Morgan fingerprint density at radius 3 is 2.21 bits per heavy atom. The zero-order valence-electron chi connectivity index (χ0n) is 12.4. The summed E-state index contributed by atoms with van der Waals surface area (Å²) in [6, 6.07) is -0.427. The molecule has 0 radical (unpaired) electrons. The molecule has 2 amide bonds. The van der Waals surface area contributed by atoms with Gasteiger partial charge in [-0.05, 0) is 11.8 Å². The lowest BCUT2D eigenvalue weighted by molar-refractivity contribution is -0.141. The van der Waals surface area contributed by atoms with Gasteiger partial charge in [-0.25, -0.2) is 0 Å². The second-order valence-corrected chi connectivity index (χ2v) is 5.82. The van der Waals surface area contributed by atoms with Gasteiger partial charge in [0.2, 0.25) is 11.8 Å². The van der Waals surface area contributed by atoms with Crippen LogP contribution in [0.3, 0.4) is 0 Å². The maximum Gasteiger partial charge on any atom is 0.245 e. The van der Waals surface area contributed by atoms with Gasteiger partial charge in [0.05, 0.1) is 13.2 Å². The highest BCUT2D eigenvalue weighted by atomic mass is 16.5. The molecule has 1 aliphatic heterocycles. The van der Waals surface area contributed by atoms with Gasteiger partial charge < -0.3 is 15.0 Å². The van der Waals surface area contributed by atoms with Crippen LogP contribution < -0.4 is 5.32 Å². The predicted molar refractivity (Wildman–Crippen MR) is 73.6 cm³/mol. The number of carbonyl (C=O) groups excluding carboxylic acids is 2. The van der Waals surface area contributed by atoms with E-state index in [1.54, 1.807) is 4.90 Å². The van der Waals surface area contributed by atoms with Crippen molar-refractivity contribution in [2.45, 2.75) is 40.2 Å². The van der Waals surface area contributed by atoms with E-state index in [0.717, 1.165) is 0 Å². The second-order valence-electron chi connectivity index (χ2n) is 5.82. The summed E-state index contributed by atoms with van der Waals surface area (Å²) in [5.74, 6) is 0.350. The van der Waals surface area contributed by atoms with E-state index >= 15 is 0 Å². The Labute approximate surface area is 115 Å². The van der Waals surface area contributed by atoms with Crippen molar-refractivity contribution < 1.29 is 14.3 Å². The lowest BCUT2D eigenvalue weighted by atomic mass is 10.0. The van der Waals surface area contributed by atoms with E-state index in [2.05, 4.69) is 5.32 Å². The summed E-state index contributed by atoms with van der Waals surface area (Å²) in [6.07, 6.45) is 0.458. The highest BCUT2D eigenvalue weighted by Crippen LogP contribution is 2.09. The molecule has 1 N–H and O–H groups in total. The molecule has 1 saturated heterocycles. The largest absolute Gasteiger partial charge is 0.378 e. The summed E-state index contributed by atoms with van der Waals surface area (Å²) in [6.45, 7) is 10.3. The van der Waals surface area contributed by atoms with Crippen molar-refractivity contribution in [1.29, 1.82) is 0 Å². The molecule has 5 nitrogen and oxygen atoms in total. The van der Waals surface area contributed by atoms with E-state index < -0.39 is 6.04 Å². The van der Waals surface area contributed by atoms with Crippen molar-refractivity contribution in [3.05, 3.63) is 0 Å². The minimum atomic E-state index is -0.427. The summed E-state index contributed by atoms with van der Waals surface area (Å²) in [5.41, 5.74) is 0. The molecule has 0 aromatic rings. The lowest BCUT2D eigenvalue weighted by Crippen LogP contribution is -2.53. The molecule has 1 fully saturated rings. The summed E-state index contributed by atoms with van der Waals surface area (Å²) in [7, 11) is 0. The maximum atomic E-state index is 12.4. The molecule has 19 heavy (non-hydrogen) atoms. The van der Waals surface area contributed by atoms with Crippen LogP contribution in [0, 0.1) is 11.8 Å². The Morgan fingerprint density at radius 1 is 1.16 bits per heavy atom. The molecule has 110 valence electrons. The summed E-state index contributed by atoms with van der Waals surface area (Å²) in [4.78, 5) is 26.0. The van der Waals surface area contributed by atoms with Crippen molar-refractivity contribution in [2.24, 2.45) is 11.8 Å². The van der Waals surface area contributed by atoms with Gasteiger partial charge in [-0.3, -0.25) is 9.59 Å².